The van der Waals surface area contributed by atoms with Crippen LogP contribution in [0.15, 0.2) is 18.2 Å². The van der Waals surface area contributed by atoms with Gasteiger partial charge >= 0.3 is 6.03 Å². The van der Waals surface area contributed by atoms with Crippen LogP contribution >= 0.6 is 23.2 Å². The molecule has 0 radical (unpaired) electrons. The van der Waals surface area contributed by atoms with Crippen molar-refractivity contribution in [3.63, 3.8) is 0 Å². The zero-order chi connectivity index (χ0) is 22.7. The number of primary amides is 1. The highest BCUT2D eigenvalue weighted by atomic mass is 35.5. The highest BCUT2D eigenvalue weighted by molar-refractivity contribution is 6.43. The molecule has 1 heterocycles. The number of aliphatic hydroxyl groups is 2. The number of nitrogens with zero attached hydrogens (tertiary/aromatic N) is 2. The zero-order valence-corrected chi connectivity index (χ0v) is 19.7. The van der Waals surface area contributed by atoms with Gasteiger partial charge in [0.25, 0.3) is 0 Å². The molecule has 5 N–H and O–H groups in total. The van der Waals surface area contributed by atoms with E-state index in [-0.39, 0.29) is 6.03 Å². The van der Waals surface area contributed by atoms with Crippen molar-refractivity contribution in [2.45, 2.75) is 64.8 Å². The molecular formula is C21H36Cl2N4O3. The number of halogens is 2. The average molecular weight is 463 g/mol. The van der Waals surface area contributed by atoms with Gasteiger partial charge in [-0.2, -0.15) is 0 Å². The first-order valence-electron chi connectivity index (χ1n) is 10.6. The van der Waals surface area contributed by atoms with Crippen molar-refractivity contribution < 1.29 is 15.0 Å². The molecule has 0 bridgehead atoms. The largest absolute Gasteiger partial charge is 0.368 e. The number of carbonyl (C=O) groups is 1. The number of piperazine rings is 1. The fraction of sp³-hybridized carbons (Fsp3) is 0.667. The molecule has 1 aromatic carbocycles. The maximum absolute atomic E-state index is 10.4. The molecule has 30 heavy (non-hydrogen) atoms. The number of benzene rings is 1. The number of rotatable bonds is 3. The second-order valence-corrected chi connectivity index (χ2v) is 8.15. The summed E-state index contributed by atoms with van der Waals surface area (Å²) in [4.78, 5) is 14.1. The van der Waals surface area contributed by atoms with Crippen molar-refractivity contribution in [1.29, 1.82) is 0 Å². The van der Waals surface area contributed by atoms with Gasteiger partial charge in [-0.25, -0.2) is 9.69 Å². The summed E-state index contributed by atoms with van der Waals surface area (Å²) in [5.74, 6) is -1.76. The second kappa shape index (κ2) is 13.2. The minimum Gasteiger partial charge on any atom is -0.368 e. The fourth-order valence-corrected chi connectivity index (χ4v) is 3.97. The van der Waals surface area contributed by atoms with Crippen molar-refractivity contribution in [2.24, 2.45) is 5.73 Å². The van der Waals surface area contributed by atoms with E-state index in [1.54, 1.807) is 11.0 Å². The van der Waals surface area contributed by atoms with Gasteiger partial charge in [-0.05, 0) is 25.0 Å². The van der Waals surface area contributed by atoms with E-state index >= 15 is 0 Å². The molecule has 3 rings (SSSR count). The maximum Gasteiger partial charge on any atom is 0.312 e. The Balaban J connectivity index is 0.000000318. The Morgan fingerprint density at radius 3 is 2.17 bits per heavy atom. The van der Waals surface area contributed by atoms with Crippen LogP contribution in [0.1, 0.15) is 52.9 Å². The van der Waals surface area contributed by atoms with Crippen LogP contribution in [0.5, 0.6) is 0 Å². The fourth-order valence-electron chi connectivity index (χ4n) is 3.56. The average Bonchev–Trinajstić information content (AvgIpc) is 2.72. The first-order valence-corrected chi connectivity index (χ1v) is 11.4. The molecule has 0 spiro atoms. The number of anilines is 1. The van der Waals surface area contributed by atoms with Gasteiger partial charge in [-0.1, -0.05) is 62.4 Å². The van der Waals surface area contributed by atoms with Crippen molar-refractivity contribution in [2.75, 3.05) is 31.1 Å². The number of hydrogen-bond acceptors (Lipinski definition) is 5. The molecule has 1 aliphatic heterocycles. The number of amides is 2. The molecule has 1 saturated heterocycles. The molecule has 0 atom stereocenters. The zero-order valence-electron chi connectivity index (χ0n) is 18.2. The Kier molecular flexibility index (Phi) is 11.8. The summed E-state index contributed by atoms with van der Waals surface area (Å²) in [7, 11) is 0. The van der Waals surface area contributed by atoms with Gasteiger partial charge in [0.1, 0.15) is 0 Å². The molecule has 7 nitrogen and oxygen atoms in total. The number of nitrogens with one attached hydrogen (secondary N) is 1. The number of nitrogens with two attached hydrogens (primary N) is 1. The Bertz CT molecular complexity index is 642. The molecule has 1 aromatic rings. The molecule has 9 heteroatoms. The molecule has 2 aliphatic rings. The highest BCUT2D eigenvalue weighted by Crippen LogP contribution is 2.33. The normalized spacial score (nSPS) is 17.9. The van der Waals surface area contributed by atoms with E-state index in [0.29, 0.717) is 42.3 Å². The van der Waals surface area contributed by atoms with Crippen molar-refractivity contribution in [1.82, 2.24) is 10.2 Å². The monoisotopic (exact) mass is 462 g/mol. The SMILES string of the molecule is CC.CC(O)(O)N1CCN(c2cccc(Cl)c2Cl)CC1.NC(=O)NC1CCCCC1. The standard InChI is InChI=1S/C12H16Cl2N2O2.C7H14N2O.C2H6/c1-12(17,18)16-7-5-15(6-8-16)10-4-2-3-9(13)11(10)14;8-7(10)9-6-4-2-1-3-5-6;1-2/h2-4,17-18H,5-8H2,1H3;6H,1-5H2,(H3,8,9,10);1-2H3. The summed E-state index contributed by atoms with van der Waals surface area (Å²) >= 11 is 12.2. The van der Waals surface area contributed by atoms with Gasteiger partial charge < -0.3 is 26.2 Å². The molecule has 1 saturated carbocycles. The van der Waals surface area contributed by atoms with Gasteiger partial charge in [0, 0.05) is 39.1 Å². The number of urea groups is 1. The van der Waals surface area contributed by atoms with Crippen LogP contribution in [0.2, 0.25) is 10.0 Å². The Hall–Kier alpha value is -1.25. The summed E-state index contributed by atoms with van der Waals surface area (Å²) in [5, 5.41) is 22.8. The van der Waals surface area contributed by atoms with Crippen molar-refractivity contribution in [3.8, 4) is 0 Å². The summed E-state index contributed by atoms with van der Waals surface area (Å²) in [6.45, 7) is 7.85. The summed E-state index contributed by atoms with van der Waals surface area (Å²) in [6, 6.07) is 5.50. The Labute approximate surface area is 190 Å². The first-order chi connectivity index (χ1) is 14.2. The van der Waals surface area contributed by atoms with Crippen LogP contribution in [0.4, 0.5) is 10.5 Å². The summed E-state index contributed by atoms with van der Waals surface area (Å²) in [6.07, 6.45) is 5.96. The summed E-state index contributed by atoms with van der Waals surface area (Å²) in [5.41, 5.74) is 5.86. The number of carbonyl (C=O) groups excluding carboxylic acids is 1. The predicted molar refractivity (Wildman–Crippen MR) is 124 cm³/mol. The predicted octanol–water partition coefficient (Wildman–Crippen LogP) is 3.79. The van der Waals surface area contributed by atoms with Crippen LogP contribution in [0, 0.1) is 0 Å². The van der Waals surface area contributed by atoms with E-state index in [9.17, 15) is 15.0 Å². The number of hydrogen-bond donors (Lipinski definition) is 4. The Morgan fingerprint density at radius 2 is 1.67 bits per heavy atom. The minimum atomic E-state index is -1.76. The van der Waals surface area contributed by atoms with Crippen LogP contribution < -0.4 is 16.0 Å². The van der Waals surface area contributed by atoms with Gasteiger partial charge in [-0.15, -0.1) is 0 Å². The maximum atomic E-state index is 10.4. The van der Waals surface area contributed by atoms with E-state index in [0.717, 1.165) is 18.5 Å². The summed E-state index contributed by atoms with van der Waals surface area (Å²) < 4.78 is 0. The van der Waals surface area contributed by atoms with E-state index in [4.69, 9.17) is 28.9 Å². The van der Waals surface area contributed by atoms with Crippen molar-refractivity contribution >= 4 is 34.9 Å². The Morgan fingerprint density at radius 1 is 1.10 bits per heavy atom. The molecule has 172 valence electrons. The minimum absolute atomic E-state index is 0.353. The van der Waals surface area contributed by atoms with Crippen LogP contribution in [0.3, 0.4) is 0 Å². The molecular weight excluding hydrogens is 427 g/mol. The second-order valence-electron chi connectivity index (χ2n) is 7.36. The lowest BCUT2D eigenvalue weighted by Gasteiger charge is -2.40. The lowest BCUT2D eigenvalue weighted by atomic mass is 9.96. The molecule has 2 fully saturated rings. The van der Waals surface area contributed by atoms with Crippen LogP contribution in [0.25, 0.3) is 0 Å². The molecule has 1 aliphatic carbocycles. The third-order valence-electron chi connectivity index (χ3n) is 5.10. The van der Waals surface area contributed by atoms with Gasteiger partial charge in [-0.3, -0.25) is 0 Å². The third-order valence-corrected chi connectivity index (χ3v) is 5.91. The first kappa shape index (κ1) is 26.8. The smallest absolute Gasteiger partial charge is 0.312 e. The third kappa shape index (κ3) is 8.86. The van der Waals surface area contributed by atoms with Gasteiger partial charge in [0.05, 0.1) is 15.7 Å². The van der Waals surface area contributed by atoms with E-state index < -0.39 is 5.91 Å². The quantitative estimate of drug-likeness (QED) is 0.511. The lowest BCUT2D eigenvalue weighted by molar-refractivity contribution is -0.251. The van der Waals surface area contributed by atoms with E-state index in [2.05, 4.69) is 10.2 Å². The van der Waals surface area contributed by atoms with Crippen molar-refractivity contribution in [3.05, 3.63) is 28.2 Å². The van der Waals surface area contributed by atoms with Gasteiger partial charge in [0.15, 0.2) is 0 Å². The topological polar surface area (TPSA) is 102 Å². The van der Waals surface area contributed by atoms with Gasteiger partial charge in [0.2, 0.25) is 5.91 Å². The molecule has 0 aromatic heterocycles. The molecule has 2 amide bonds. The van der Waals surface area contributed by atoms with Crippen LogP contribution in [-0.2, 0) is 0 Å². The highest BCUT2D eigenvalue weighted by Gasteiger charge is 2.30. The molecule has 0 unspecified atom stereocenters. The van der Waals surface area contributed by atoms with E-state index in [1.165, 1.54) is 26.2 Å². The van der Waals surface area contributed by atoms with Crippen LogP contribution in [-0.4, -0.2) is 59.3 Å². The van der Waals surface area contributed by atoms with E-state index in [1.807, 2.05) is 26.0 Å². The lowest BCUT2D eigenvalue weighted by Crippen LogP contribution is -2.56.